The van der Waals surface area contributed by atoms with Crippen molar-refractivity contribution in [3.05, 3.63) is 0 Å². The minimum Gasteiger partial charge on any atom is -0.369 e. The highest BCUT2D eigenvalue weighted by molar-refractivity contribution is 8.93. The molecule has 1 aliphatic rings. The molecule has 5 N–H and O–H groups in total. The van der Waals surface area contributed by atoms with Crippen molar-refractivity contribution in [2.24, 2.45) is 5.73 Å². The van der Waals surface area contributed by atoms with Gasteiger partial charge in [0.2, 0.25) is 5.96 Å². The molecular weight excluding hydrogens is 224 g/mol. The highest BCUT2D eigenvalue weighted by atomic mass is 79.9. The maximum atomic E-state index is 6.87. The lowest BCUT2D eigenvalue weighted by Crippen LogP contribution is -2.51. The summed E-state index contributed by atoms with van der Waals surface area (Å²) in [5.74, 6) is -0.0699. The molecule has 0 aromatic heterocycles. The first-order valence-corrected chi connectivity index (χ1v) is 3.47. The maximum Gasteiger partial charge on any atom is 0.201 e. The summed E-state index contributed by atoms with van der Waals surface area (Å²) in [5.41, 5.74) is 10.4. The molecule has 6 nitrogen and oxygen atoms in total. The van der Waals surface area contributed by atoms with E-state index in [-0.39, 0.29) is 22.9 Å². The number of hydrogen-bond donors (Lipinski definition) is 4. The Bertz CT molecular complexity index is 151. The Morgan fingerprint density at radius 2 is 2.17 bits per heavy atom. The summed E-state index contributed by atoms with van der Waals surface area (Å²) in [4.78, 5) is 2.16. The third-order valence-electron chi connectivity index (χ3n) is 1.51. The quantitative estimate of drug-likeness (QED) is 0.273. The maximum absolute atomic E-state index is 6.87. The molecule has 0 aliphatic carbocycles. The van der Waals surface area contributed by atoms with Gasteiger partial charge < -0.3 is 5.73 Å². The molecule has 0 unspecified atom stereocenters. The Morgan fingerprint density at radius 3 is 2.58 bits per heavy atom. The van der Waals surface area contributed by atoms with Gasteiger partial charge in [-0.15, -0.1) is 17.0 Å². The first kappa shape index (κ1) is 11.6. The number of nitrogens with two attached hydrogens (primary N) is 1. The molecule has 0 bridgehead atoms. The standard InChI is InChI=1S/C5H14N6.BrH/c1-10-2-3-11(4-10)9-8-5(6)7;/h9H,2-4H2,1H3,(H4,6,7,8);1H. The van der Waals surface area contributed by atoms with Gasteiger partial charge in [0.15, 0.2) is 0 Å². The van der Waals surface area contributed by atoms with Crippen LogP contribution < -0.4 is 16.7 Å². The van der Waals surface area contributed by atoms with E-state index in [9.17, 15) is 0 Å². The van der Waals surface area contributed by atoms with Crippen LogP contribution in [-0.4, -0.2) is 42.7 Å². The monoisotopic (exact) mass is 238 g/mol. The Labute approximate surface area is 82.3 Å². The van der Waals surface area contributed by atoms with E-state index in [0.717, 1.165) is 19.8 Å². The van der Waals surface area contributed by atoms with Gasteiger partial charge in [0.25, 0.3) is 0 Å². The minimum atomic E-state index is -0.0699. The van der Waals surface area contributed by atoms with E-state index in [4.69, 9.17) is 11.1 Å². The van der Waals surface area contributed by atoms with Gasteiger partial charge in [-0.05, 0) is 7.05 Å². The predicted octanol–water partition coefficient (Wildman–Crippen LogP) is -1.33. The largest absolute Gasteiger partial charge is 0.369 e. The fourth-order valence-electron chi connectivity index (χ4n) is 0.955. The summed E-state index contributed by atoms with van der Waals surface area (Å²) in [6, 6.07) is 0. The van der Waals surface area contributed by atoms with Crippen molar-refractivity contribution in [3.8, 4) is 0 Å². The normalized spacial score (nSPS) is 18.8. The number of nitrogens with zero attached hydrogens (tertiary/aromatic N) is 2. The van der Waals surface area contributed by atoms with Crippen molar-refractivity contribution < 1.29 is 0 Å². The van der Waals surface area contributed by atoms with Gasteiger partial charge in [-0.1, -0.05) is 0 Å². The van der Waals surface area contributed by atoms with Crippen LogP contribution in [0.1, 0.15) is 0 Å². The topological polar surface area (TPSA) is 80.4 Å². The van der Waals surface area contributed by atoms with Gasteiger partial charge >= 0.3 is 0 Å². The van der Waals surface area contributed by atoms with E-state index in [2.05, 4.69) is 15.9 Å². The highest BCUT2D eigenvalue weighted by Crippen LogP contribution is 1.95. The number of guanidine groups is 1. The first-order valence-electron chi connectivity index (χ1n) is 3.47. The lowest BCUT2D eigenvalue weighted by atomic mass is 10.7. The molecule has 0 aromatic rings. The van der Waals surface area contributed by atoms with Crippen molar-refractivity contribution in [3.63, 3.8) is 0 Å². The van der Waals surface area contributed by atoms with Gasteiger partial charge in [-0.3, -0.25) is 15.7 Å². The van der Waals surface area contributed by atoms with Crippen LogP contribution in [0.3, 0.4) is 0 Å². The Balaban J connectivity index is 0.00000121. The smallest absolute Gasteiger partial charge is 0.201 e. The van der Waals surface area contributed by atoms with Crippen molar-refractivity contribution in [2.45, 2.75) is 0 Å². The molecule has 1 rings (SSSR count). The first-order chi connectivity index (χ1) is 5.18. The molecule has 1 saturated heterocycles. The van der Waals surface area contributed by atoms with Gasteiger partial charge in [0.1, 0.15) is 0 Å². The zero-order valence-electron chi connectivity index (χ0n) is 7.00. The summed E-state index contributed by atoms with van der Waals surface area (Å²) in [6.45, 7) is 2.82. The van der Waals surface area contributed by atoms with E-state index >= 15 is 0 Å². The average molecular weight is 239 g/mol. The zero-order valence-corrected chi connectivity index (χ0v) is 8.71. The van der Waals surface area contributed by atoms with Crippen LogP contribution in [0.2, 0.25) is 0 Å². The molecule has 0 saturated carbocycles. The molecule has 0 amide bonds. The fourth-order valence-corrected chi connectivity index (χ4v) is 0.955. The van der Waals surface area contributed by atoms with Crippen molar-refractivity contribution in [2.75, 3.05) is 26.8 Å². The summed E-state index contributed by atoms with van der Waals surface area (Å²) < 4.78 is 0. The molecule has 72 valence electrons. The predicted molar refractivity (Wildman–Crippen MR) is 52.7 cm³/mol. The average Bonchev–Trinajstić information content (AvgIpc) is 2.31. The molecule has 1 fully saturated rings. The van der Waals surface area contributed by atoms with Crippen LogP contribution in [0.5, 0.6) is 0 Å². The molecule has 1 aliphatic heterocycles. The van der Waals surface area contributed by atoms with E-state index in [0.29, 0.717) is 0 Å². The summed E-state index contributed by atoms with van der Waals surface area (Å²) in [5, 5.41) is 8.82. The number of halogens is 1. The second-order valence-corrected chi connectivity index (χ2v) is 2.64. The Morgan fingerprint density at radius 1 is 1.50 bits per heavy atom. The fraction of sp³-hybridized carbons (Fsp3) is 0.800. The molecule has 7 heteroatoms. The summed E-state index contributed by atoms with van der Waals surface area (Å²) >= 11 is 0. The summed E-state index contributed by atoms with van der Waals surface area (Å²) in [6.07, 6.45) is 0. The summed E-state index contributed by atoms with van der Waals surface area (Å²) in [7, 11) is 2.04. The van der Waals surface area contributed by atoms with Crippen LogP contribution in [0, 0.1) is 5.41 Å². The van der Waals surface area contributed by atoms with E-state index in [1.54, 1.807) is 0 Å². The van der Waals surface area contributed by atoms with Gasteiger partial charge in [-0.25, -0.2) is 5.01 Å². The molecule has 1 heterocycles. The van der Waals surface area contributed by atoms with Crippen LogP contribution in [-0.2, 0) is 0 Å². The van der Waals surface area contributed by atoms with Crippen LogP contribution in [0.4, 0.5) is 0 Å². The second kappa shape index (κ2) is 5.31. The van der Waals surface area contributed by atoms with E-state index < -0.39 is 0 Å². The Kier molecular flexibility index (Phi) is 5.14. The SMILES string of the molecule is Br.CN1CCN(NNC(=N)N)C1. The number of hydrogen-bond acceptors (Lipinski definition) is 4. The third kappa shape index (κ3) is 3.86. The lowest BCUT2D eigenvalue weighted by molar-refractivity contribution is 0.182. The van der Waals surface area contributed by atoms with Gasteiger partial charge in [0, 0.05) is 13.1 Å². The van der Waals surface area contributed by atoms with Crippen LogP contribution >= 0.6 is 17.0 Å². The molecule has 12 heavy (non-hydrogen) atoms. The van der Waals surface area contributed by atoms with Gasteiger partial charge in [-0.2, -0.15) is 5.53 Å². The number of likely N-dealkylation sites (N-methyl/N-ethyl adjacent to an activating group) is 1. The minimum absolute atomic E-state index is 0. The van der Waals surface area contributed by atoms with E-state index in [1.807, 2.05) is 12.1 Å². The second-order valence-electron chi connectivity index (χ2n) is 2.64. The third-order valence-corrected chi connectivity index (χ3v) is 1.51. The molecule has 0 radical (unpaired) electrons. The van der Waals surface area contributed by atoms with E-state index in [1.165, 1.54) is 0 Å². The Hall–Kier alpha value is -0.370. The van der Waals surface area contributed by atoms with Crippen LogP contribution in [0.15, 0.2) is 0 Å². The number of hydrazine groups is 2. The van der Waals surface area contributed by atoms with Crippen molar-refractivity contribution in [1.82, 2.24) is 20.9 Å². The lowest BCUT2D eigenvalue weighted by Gasteiger charge is -2.16. The van der Waals surface area contributed by atoms with Crippen molar-refractivity contribution >= 4 is 22.9 Å². The molecular formula is C5H15BrN6. The number of nitrogens with one attached hydrogen (secondary N) is 3. The zero-order chi connectivity index (χ0) is 8.27. The van der Waals surface area contributed by atoms with Crippen LogP contribution in [0.25, 0.3) is 0 Å². The van der Waals surface area contributed by atoms with Crippen molar-refractivity contribution in [1.29, 1.82) is 5.41 Å². The molecule has 0 aromatic carbocycles. The number of rotatable bonds is 2. The molecule has 0 spiro atoms. The van der Waals surface area contributed by atoms with Gasteiger partial charge in [0.05, 0.1) is 6.67 Å². The molecule has 0 atom stereocenters. The highest BCUT2D eigenvalue weighted by Gasteiger charge is 2.14.